The Labute approximate surface area is 121 Å². The van der Waals surface area contributed by atoms with Crippen LogP contribution in [0.15, 0.2) is 48.0 Å². The minimum absolute atomic E-state index is 0.734. The molecular weight excluding hydrogens is 268 g/mol. The maximum absolute atomic E-state index is 5.94. The number of rotatable bonds is 4. The zero-order valence-electron chi connectivity index (χ0n) is 11.2. The SMILES string of the molecule is Cn1nccc1-c1csc(NCc2ccccc2N)c1. The van der Waals surface area contributed by atoms with Crippen LogP contribution in [0.3, 0.4) is 0 Å². The summed E-state index contributed by atoms with van der Waals surface area (Å²) in [6.07, 6.45) is 1.81. The van der Waals surface area contributed by atoms with Crippen molar-refractivity contribution in [1.29, 1.82) is 0 Å². The first-order valence-corrected chi connectivity index (χ1v) is 7.26. The molecule has 3 aromatic rings. The van der Waals surface area contributed by atoms with E-state index in [9.17, 15) is 0 Å². The lowest BCUT2D eigenvalue weighted by Crippen LogP contribution is -2.01. The van der Waals surface area contributed by atoms with Gasteiger partial charge in [-0.15, -0.1) is 11.3 Å². The van der Waals surface area contributed by atoms with Gasteiger partial charge in [0.1, 0.15) is 0 Å². The lowest BCUT2D eigenvalue weighted by Gasteiger charge is -2.06. The van der Waals surface area contributed by atoms with Gasteiger partial charge in [-0.05, 0) is 23.8 Å². The van der Waals surface area contributed by atoms with Gasteiger partial charge in [-0.3, -0.25) is 4.68 Å². The molecule has 0 saturated heterocycles. The van der Waals surface area contributed by atoms with E-state index in [1.807, 2.05) is 48.3 Å². The topological polar surface area (TPSA) is 55.9 Å². The van der Waals surface area contributed by atoms with E-state index in [1.54, 1.807) is 11.3 Å². The van der Waals surface area contributed by atoms with E-state index in [4.69, 9.17) is 5.73 Å². The largest absolute Gasteiger partial charge is 0.398 e. The molecule has 0 fully saturated rings. The predicted octanol–water partition coefficient (Wildman–Crippen LogP) is 3.34. The molecule has 0 bridgehead atoms. The van der Waals surface area contributed by atoms with Crippen LogP contribution in [0.4, 0.5) is 10.7 Å². The van der Waals surface area contributed by atoms with Gasteiger partial charge in [-0.25, -0.2) is 0 Å². The highest BCUT2D eigenvalue weighted by Gasteiger charge is 2.06. The van der Waals surface area contributed by atoms with Crippen LogP contribution in [0.2, 0.25) is 0 Å². The average Bonchev–Trinajstić information content (AvgIpc) is 3.06. The van der Waals surface area contributed by atoms with Crippen LogP contribution < -0.4 is 11.1 Å². The number of benzene rings is 1. The molecule has 2 heterocycles. The third-order valence-corrected chi connectivity index (χ3v) is 4.11. The lowest BCUT2D eigenvalue weighted by molar-refractivity contribution is 0.776. The molecule has 0 unspecified atom stereocenters. The van der Waals surface area contributed by atoms with E-state index in [0.717, 1.165) is 28.5 Å². The van der Waals surface area contributed by atoms with E-state index < -0.39 is 0 Å². The van der Waals surface area contributed by atoms with Gasteiger partial charge >= 0.3 is 0 Å². The molecular formula is C15H16N4S. The Morgan fingerprint density at radius 2 is 2.15 bits per heavy atom. The molecule has 3 rings (SSSR count). The van der Waals surface area contributed by atoms with Crippen LogP contribution >= 0.6 is 11.3 Å². The normalized spacial score (nSPS) is 10.7. The summed E-state index contributed by atoms with van der Waals surface area (Å²) in [6, 6.07) is 12.1. The van der Waals surface area contributed by atoms with E-state index in [0.29, 0.717) is 0 Å². The molecule has 102 valence electrons. The number of aromatic nitrogens is 2. The molecule has 2 aromatic heterocycles. The number of nitrogens with one attached hydrogen (secondary N) is 1. The number of hydrogen-bond donors (Lipinski definition) is 2. The van der Waals surface area contributed by atoms with Crippen molar-refractivity contribution in [2.45, 2.75) is 6.54 Å². The zero-order valence-corrected chi connectivity index (χ0v) is 12.0. The fourth-order valence-corrected chi connectivity index (χ4v) is 2.89. The van der Waals surface area contributed by atoms with Gasteiger partial charge in [0.25, 0.3) is 0 Å². The quantitative estimate of drug-likeness (QED) is 0.722. The number of thiophene rings is 1. The third kappa shape index (κ3) is 2.53. The first-order valence-electron chi connectivity index (χ1n) is 6.38. The molecule has 3 N–H and O–H groups in total. The summed E-state index contributed by atoms with van der Waals surface area (Å²) in [5.74, 6) is 0. The van der Waals surface area contributed by atoms with Crippen molar-refractivity contribution in [1.82, 2.24) is 9.78 Å². The van der Waals surface area contributed by atoms with E-state index >= 15 is 0 Å². The molecule has 5 heteroatoms. The number of nitrogen functional groups attached to an aromatic ring is 1. The third-order valence-electron chi connectivity index (χ3n) is 3.22. The Balaban J connectivity index is 1.72. The first-order chi connectivity index (χ1) is 9.74. The van der Waals surface area contributed by atoms with Crippen LogP contribution in [-0.4, -0.2) is 9.78 Å². The highest BCUT2D eigenvalue weighted by molar-refractivity contribution is 7.14. The summed E-state index contributed by atoms with van der Waals surface area (Å²) < 4.78 is 1.88. The number of aryl methyl sites for hydroxylation is 1. The Hall–Kier alpha value is -2.27. The average molecular weight is 284 g/mol. The lowest BCUT2D eigenvalue weighted by atomic mass is 10.2. The molecule has 0 radical (unpaired) electrons. The number of nitrogens with two attached hydrogens (primary N) is 1. The molecule has 0 aliphatic rings. The number of hydrogen-bond acceptors (Lipinski definition) is 4. The van der Waals surface area contributed by atoms with Crippen molar-refractivity contribution in [3.8, 4) is 11.3 Å². The summed E-state index contributed by atoms with van der Waals surface area (Å²) in [7, 11) is 1.95. The number of nitrogens with zero attached hydrogens (tertiary/aromatic N) is 2. The van der Waals surface area contributed by atoms with Gasteiger partial charge in [0, 0.05) is 36.4 Å². The Bertz CT molecular complexity index is 714. The summed E-state index contributed by atoms with van der Waals surface area (Å²) in [5.41, 5.74) is 10.2. The molecule has 0 aliphatic carbocycles. The van der Waals surface area contributed by atoms with Gasteiger partial charge in [0.2, 0.25) is 0 Å². The molecule has 20 heavy (non-hydrogen) atoms. The van der Waals surface area contributed by atoms with Crippen LogP contribution in [-0.2, 0) is 13.6 Å². The maximum atomic E-state index is 5.94. The molecule has 0 aliphatic heterocycles. The van der Waals surface area contributed by atoms with Crippen LogP contribution in [0.25, 0.3) is 11.3 Å². The highest BCUT2D eigenvalue weighted by Crippen LogP contribution is 2.29. The predicted molar refractivity (Wildman–Crippen MR) is 84.7 cm³/mol. The smallest absolute Gasteiger partial charge is 0.0892 e. The monoisotopic (exact) mass is 284 g/mol. The van der Waals surface area contributed by atoms with Crippen molar-refractivity contribution < 1.29 is 0 Å². The Morgan fingerprint density at radius 3 is 2.90 bits per heavy atom. The van der Waals surface area contributed by atoms with Gasteiger partial charge < -0.3 is 11.1 Å². The van der Waals surface area contributed by atoms with Crippen molar-refractivity contribution >= 4 is 22.0 Å². The van der Waals surface area contributed by atoms with Gasteiger partial charge in [0.05, 0.1) is 10.7 Å². The fourth-order valence-electron chi connectivity index (χ4n) is 2.10. The van der Waals surface area contributed by atoms with Crippen molar-refractivity contribution in [2.24, 2.45) is 7.05 Å². The van der Waals surface area contributed by atoms with Crippen LogP contribution in [0.5, 0.6) is 0 Å². The van der Waals surface area contributed by atoms with Crippen LogP contribution in [0, 0.1) is 0 Å². The molecule has 0 spiro atoms. The molecule has 0 atom stereocenters. The second-order valence-corrected chi connectivity index (χ2v) is 5.50. The first kappa shape index (κ1) is 12.7. The zero-order chi connectivity index (χ0) is 13.9. The summed E-state index contributed by atoms with van der Waals surface area (Å²) in [5, 5.41) is 10.9. The molecule has 0 amide bonds. The summed E-state index contributed by atoms with van der Waals surface area (Å²) in [4.78, 5) is 0. The standard InChI is InChI=1S/C15H16N4S/c1-19-14(6-7-18-19)12-8-15(20-10-12)17-9-11-4-2-3-5-13(11)16/h2-8,10,17H,9,16H2,1H3. The number of para-hydroxylation sites is 1. The number of anilines is 2. The summed E-state index contributed by atoms with van der Waals surface area (Å²) in [6.45, 7) is 0.734. The van der Waals surface area contributed by atoms with E-state index in [1.165, 1.54) is 5.56 Å². The highest BCUT2D eigenvalue weighted by atomic mass is 32.1. The van der Waals surface area contributed by atoms with E-state index in [2.05, 4.69) is 21.9 Å². The van der Waals surface area contributed by atoms with Gasteiger partial charge in [-0.2, -0.15) is 5.10 Å². The van der Waals surface area contributed by atoms with Crippen LogP contribution in [0.1, 0.15) is 5.56 Å². The maximum Gasteiger partial charge on any atom is 0.0892 e. The van der Waals surface area contributed by atoms with Gasteiger partial charge in [0.15, 0.2) is 0 Å². The summed E-state index contributed by atoms with van der Waals surface area (Å²) >= 11 is 1.69. The molecule has 0 saturated carbocycles. The minimum atomic E-state index is 0.734. The van der Waals surface area contributed by atoms with Crippen molar-refractivity contribution in [3.63, 3.8) is 0 Å². The van der Waals surface area contributed by atoms with Crippen molar-refractivity contribution in [2.75, 3.05) is 11.1 Å². The van der Waals surface area contributed by atoms with E-state index in [-0.39, 0.29) is 0 Å². The second kappa shape index (κ2) is 5.38. The molecule has 4 nitrogen and oxygen atoms in total. The minimum Gasteiger partial charge on any atom is -0.398 e. The fraction of sp³-hybridized carbons (Fsp3) is 0.133. The Kier molecular flexibility index (Phi) is 3.43. The Morgan fingerprint density at radius 1 is 1.30 bits per heavy atom. The van der Waals surface area contributed by atoms with Gasteiger partial charge in [-0.1, -0.05) is 18.2 Å². The van der Waals surface area contributed by atoms with Crippen molar-refractivity contribution in [3.05, 3.63) is 53.5 Å². The second-order valence-electron chi connectivity index (χ2n) is 4.59. The molecule has 1 aromatic carbocycles.